The molecule has 0 saturated heterocycles. The molecule has 0 aliphatic carbocycles. The Bertz CT molecular complexity index is 277. The molecule has 0 atom stereocenters. The Morgan fingerprint density at radius 1 is 1.25 bits per heavy atom. The van der Waals surface area contributed by atoms with Gasteiger partial charge in [-0.2, -0.15) is 11.8 Å². The van der Waals surface area contributed by atoms with Gasteiger partial charge in [-0.25, -0.2) is 9.37 Å². The zero-order chi connectivity index (χ0) is 11.6. The first-order valence-electron chi connectivity index (χ1n) is 5.67. The maximum atomic E-state index is 12.6. The summed E-state index contributed by atoms with van der Waals surface area (Å²) in [4.78, 5) is 3.94. The number of nitrogens with zero attached hydrogens (tertiary/aromatic N) is 1. The lowest BCUT2D eigenvalue weighted by molar-refractivity contribution is 0.621. The summed E-state index contributed by atoms with van der Waals surface area (Å²) in [6.07, 6.45) is 8.36. The summed E-state index contributed by atoms with van der Waals surface area (Å²) in [6, 6.07) is 3.09. The van der Waals surface area contributed by atoms with E-state index in [1.165, 1.54) is 37.3 Å². The average molecular weight is 242 g/mol. The highest BCUT2D eigenvalue weighted by atomic mass is 32.2. The lowest BCUT2D eigenvalue weighted by Gasteiger charge is -2.04. The van der Waals surface area contributed by atoms with Crippen molar-refractivity contribution in [2.75, 3.05) is 23.9 Å². The van der Waals surface area contributed by atoms with E-state index in [0.717, 1.165) is 18.8 Å². The molecule has 0 amide bonds. The molecule has 90 valence electrons. The van der Waals surface area contributed by atoms with Crippen molar-refractivity contribution in [3.05, 3.63) is 24.1 Å². The van der Waals surface area contributed by atoms with Gasteiger partial charge in [0.1, 0.15) is 11.6 Å². The van der Waals surface area contributed by atoms with Crippen LogP contribution < -0.4 is 5.32 Å². The highest BCUT2D eigenvalue weighted by molar-refractivity contribution is 7.98. The van der Waals surface area contributed by atoms with Crippen LogP contribution in [0.4, 0.5) is 10.2 Å². The van der Waals surface area contributed by atoms with Gasteiger partial charge in [-0.1, -0.05) is 12.8 Å². The Kier molecular flexibility index (Phi) is 6.97. The van der Waals surface area contributed by atoms with E-state index >= 15 is 0 Å². The fourth-order valence-corrected chi connectivity index (χ4v) is 1.91. The first kappa shape index (κ1) is 13.3. The SMILES string of the molecule is CSCCCCCCNc1ccc(F)cn1. The molecular formula is C12H19FN2S. The molecule has 1 aromatic heterocycles. The summed E-state index contributed by atoms with van der Waals surface area (Å²) in [5.41, 5.74) is 0. The first-order valence-corrected chi connectivity index (χ1v) is 7.06. The van der Waals surface area contributed by atoms with Crippen LogP contribution in [0.5, 0.6) is 0 Å². The van der Waals surface area contributed by atoms with Crippen LogP contribution in [0.25, 0.3) is 0 Å². The van der Waals surface area contributed by atoms with Gasteiger partial charge >= 0.3 is 0 Å². The van der Waals surface area contributed by atoms with E-state index in [9.17, 15) is 4.39 Å². The molecule has 1 N–H and O–H groups in total. The van der Waals surface area contributed by atoms with E-state index in [4.69, 9.17) is 0 Å². The van der Waals surface area contributed by atoms with E-state index in [1.807, 2.05) is 11.8 Å². The predicted octanol–water partition coefficient (Wildman–Crippen LogP) is 3.56. The Balaban J connectivity index is 2.01. The van der Waals surface area contributed by atoms with E-state index in [0.29, 0.717) is 0 Å². The largest absolute Gasteiger partial charge is 0.370 e. The summed E-state index contributed by atoms with van der Waals surface area (Å²) >= 11 is 1.90. The van der Waals surface area contributed by atoms with Crippen molar-refractivity contribution in [1.29, 1.82) is 0 Å². The second-order valence-electron chi connectivity index (χ2n) is 3.70. The maximum Gasteiger partial charge on any atom is 0.141 e. The molecule has 0 radical (unpaired) electrons. The molecule has 4 heteroatoms. The Morgan fingerprint density at radius 2 is 2.06 bits per heavy atom. The molecule has 0 fully saturated rings. The third-order valence-corrected chi connectivity index (χ3v) is 3.01. The van der Waals surface area contributed by atoms with Crippen LogP contribution in [-0.4, -0.2) is 23.5 Å². The molecule has 1 heterocycles. The number of thioether (sulfide) groups is 1. The molecule has 16 heavy (non-hydrogen) atoms. The lowest BCUT2D eigenvalue weighted by atomic mass is 10.2. The standard InChI is InChI=1S/C12H19FN2S/c1-16-9-5-3-2-4-8-14-12-7-6-11(13)10-15-12/h6-7,10H,2-5,8-9H2,1H3,(H,14,15). The quantitative estimate of drug-likeness (QED) is 0.706. The smallest absolute Gasteiger partial charge is 0.141 e. The number of aromatic nitrogens is 1. The van der Waals surface area contributed by atoms with Crippen molar-refractivity contribution in [1.82, 2.24) is 4.98 Å². The number of unbranched alkanes of at least 4 members (excludes halogenated alkanes) is 3. The predicted molar refractivity (Wildman–Crippen MR) is 69.5 cm³/mol. The molecule has 0 aromatic carbocycles. The molecule has 1 aromatic rings. The summed E-state index contributed by atoms with van der Waals surface area (Å²) in [5.74, 6) is 1.72. The van der Waals surface area contributed by atoms with Crippen LogP contribution in [0.3, 0.4) is 0 Å². The molecule has 0 aliphatic rings. The van der Waals surface area contributed by atoms with Crippen molar-refractivity contribution >= 4 is 17.6 Å². The number of hydrogen-bond donors (Lipinski definition) is 1. The van der Waals surface area contributed by atoms with Gasteiger partial charge < -0.3 is 5.32 Å². The van der Waals surface area contributed by atoms with Gasteiger partial charge in [-0.15, -0.1) is 0 Å². The number of anilines is 1. The molecule has 0 spiro atoms. The minimum absolute atomic E-state index is 0.289. The van der Waals surface area contributed by atoms with E-state index in [-0.39, 0.29) is 5.82 Å². The summed E-state index contributed by atoms with van der Waals surface area (Å²) in [5, 5.41) is 3.18. The zero-order valence-electron chi connectivity index (χ0n) is 9.71. The van der Waals surface area contributed by atoms with Crippen LogP contribution in [-0.2, 0) is 0 Å². The minimum atomic E-state index is -0.289. The van der Waals surface area contributed by atoms with E-state index < -0.39 is 0 Å². The number of rotatable bonds is 8. The third-order valence-electron chi connectivity index (χ3n) is 2.31. The van der Waals surface area contributed by atoms with E-state index in [1.54, 1.807) is 6.07 Å². The monoisotopic (exact) mass is 242 g/mol. The molecule has 0 saturated carbocycles. The third kappa shape index (κ3) is 5.95. The number of halogens is 1. The number of nitrogens with one attached hydrogen (secondary N) is 1. The fraction of sp³-hybridized carbons (Fsp3) is 0.583. The number of hydrogen-bond acceptors (Lipinski definition) is 3. The van der Waals surface area contributed by atoms with Crippen molar-refractivity contribution in [3.8, 4) is 0 Å². The highest BCUT2D eigenvalue weighted by Gasteiger charge is 1.94. The topological polar surface area (TPSA) is 24.9 Å². The molecule has 0 bridgehead atoms. The summed E-state index contributed by atoms with van der Waals surface area (Å²) in [7, 11) is 0. The van der Waals surface area contributed by atoms with Crippen molar-refractivity contribution < 1.29 is 4.39 Å². The van der Waals surface area contributed by atoms with Gasteiger partial charge in [-0.3, -0.25) is 0 Å². The fourth-order valence-electron chi connectivity index (χ4n) is 1.42. The second kappa shape index (κ2) is 8.39. The summed E-state index contributed by atoms with van der Waals surface area (Å²) in [6.45, 7) is 0.915. The van der Waals surface area contributed by atoms with Gasteiger partial charge in [0.25, 0.3) is 0 Å². The lowest BCUT2D eigenvalue weighted by Crippen LogP contribution is -2.03. The zero-order valence-corrected chi connectivity index (χ0v) is 10.5. The van der Waals surface area contributed by atoms with Gasteiger partial charge in [0.2, 0.25) is 0 Å². The van der Waals surface area contributed by atoms with E-state index in [2.05, 4.69) is 16.6 Å². The Morgan fingerprint density at radius 3 is 2.75 bits per heavy atom. The molecular weight excluding hydrogens is 223 g/mol. The molecule has 0 unspecified atom stereocenters. The number of pyridine rings is 1. The van der Waals surface area contributed by atoms with Crippen molar-refractivity contribution in [2.45, 2.75) is 25.7 Å². The average Bonchev–Trinajstić information content (AvgIpc) is 2.30. The maximum absolute atomic E-state index is 12.6. The van der Waals surface area contributed by atoms with Crippen LogP contribution in [0.2, 0.25) is 0 Å². The Hall–Kier alpha value is -0.770. The normalized spacial score (nSPS) is 10.4. The molecule has 1 rings (SSSR count). The van der Waals surface area contributed by atoms with Crippen LogP contribution in [0.1, 0.15) is 25.7 Å². The second-order valence-corrected chi connectivity index (χ2v) is 4.68. The van der Waals surface area contributed by atoms with Crippen molar-refractivity contribution in [3.63, 3.8) is 0 Å². The van der Waals surface area contributed by atoms with Crippen molar-refractivity contribution in [2.24, 2.45) is 0 Å². The highest BCUT2D eigenvalue weighted by Crippen LogP contribution is 2.06. The molecule has 0 aliphatic heterocycles. The first-order chi connectivity index (χ1) is 7.83. The Labute approximate surface area is 101 Å². The minimum Gasteiger partial charge on any atom is -0.370 e. The molecule has 2 nitrogen and oxygen atoms in total. The summed E-state index contributed by atoms with van der Waals surface area (Å²) < 4.78 is 12.6. The van der Waals surface area contributed by atoms with Gasteiger partial charge in [-0.05, 0) is 37.0 Å². The van der Waals surface area contributed by atoms with Crippen LogP contribution in [0.15, 0.2) is 18.3 Å². The van der Waals surface area contributed by atoms with Gasteiger partial charge in [0.05, 0.1) is 6.20 Å². The van der Waals surface area contributed by atoms with Gasteiger partial charge in [0.15, 0.2) is 0 Å². The van der Waals surface area contributed by atoms with Gasteiger partial charge in [0, 0.05) is 6.54 Å². The van der Waals surface area contributed by atoms with Crippen LogP contribution >= 0.6 is 11.8 Å². The van der Waals surface area contributed by atoms with Crippen LogP contribution in [0, 0.1) is 5.82 Å².